The first-order valence-electron chi connectivity index (χ1n) is 5.10. The maximum absolute atomic E-state index is 13.4. The van der Waals surface area contributed by atoms with E-state index in [0.29, 0.717) is 0 Å². The third kappa shape index (κ3) is 2.38. The number of rotatable bonds is 2. The first-order valence-corrected chi connectivity index (χ1v) is 6.09. The molecule has 2 rings (SSSR count). The van der Waals surface area contributed by atoms with Crippen LogP contribution in [-0.2, 0) is 9.53 Å². The number of aliphatic imine (C=N–C) groups is 1. The fourth-order valence-corrected chi connectivity index (χ4v) is 2.38. The van der Waals surface area contributed by atoms with E-state index in [0.717, 1.165) is 11.8 Å². The fourth-order valence-electron chi connectivity index (χ4n) is 1.45. The topological polar surface area (TPSA) is 58.9 Å². The molecule has 0 saturated carbocycles. The molecule has 0 unspecified atom stereocenters. The average Bonchev–Trinajstić information content (AvgIpc) is 2.72. The van der Waals surface area contributed by atoms with Crippen LogP contribution in [0, 0.1) is 5.82 Å². The van der Waals surface area contributed by atoms with Crippen LogP contribution < -0.4 is 0 Å². The zero-order valence-electron chi connectivity index (χ0n) is 9.51. The molecule has 1 aliphatic rings. The van der Waals surface area contributed by atoms with Gasteiger partial charge in [0.1, 0.15) is 27.9 Å². The fraction of sp³-hybridized carbons (Fsp3) is 0.167. The summed E-state index contributed by atoms with van der Waals surface area (Å²) in [5, 5.41) is 9.86. The third-order valence-corrected chi connectivity index (χ3v) is 3.30. The SMILES string of the molecule is COC(=O)C1=C(O)CSC1=Nc1ccccc1F. The lowest BCUT2D eigenvalue weighted by Gasteiger charge is -2.02. The minimum atomic E-state index is -0.674. The first-order chi connectivity index (χ1) is 8.63. The molecule has 1 aromatic carbocycles. The van der Waals surface area contributed by atoms with Crippen LogP contribution in [0.15, 0.2) is 40.6 Å². The number of carbonyl (C=O) groups is 1. The molecule has 4 nitrogen and oxygen atoms in total. The molecule has 0 bridgehead atoms. The Balaban J connectivity index is 2.40. The Hall–Kier alpha value is -1.82. The summed E-state index contributed by atoms with van der Waals surface area (Å²) in [6, 6.07) is 5.96. The van der Waals surface area contributed by atoms with E-state index in [4.69, 9.17) is 0 Å². The van der Waals surface area contributed by atoms with Crippen LogP contribution in [0.1, 0.15) is 0 Å². The summed E-state index contributed by atoms with van der Waals surface area (Å²) < 4.78 is 18.0. The van der Waals surface area contributed by atoms with Crippen LogP contribution in [0.3, 0.4) is 0 Å². The van der Waals surface area contributed by atoms with Crippen molar-refractivity contribution in [2.45, 2.75) is 0 Å². The van der Waals surface area contributed by atoms with Crippen LogP contribution in [0.2, 0.25) is 0 Å². The summed E-state index contributed by atoms with van der Waals surface area (Å²) in [4.78, 5) is 15.5. The molecule has 18 heavy (non-hydrogen) atoms. The molecule has 1 aromatic rings. The van der Waals surface area contributed by atoms with Crippen molar-refractivity contribution in [3.63, 3.8) is 0 Å². The minimum absolute atomic E-state index is 0.00533. The Bertz CT molecular complexity index is 554. The predicted octanol–water partition coefficient (Wildman–Crippen LogP) is 2.59. The van der Waals surface area contributed by atoms with Gasteiger partial charge in [-0.25, -0.2) is 14.2 Å². The van der Waals surface area contributed by atoms with Gasteiger partial charge in [-0.05, 0) is 12.1 Å². The molecule has 0 aliphatic carbocycles. The van der Waals surface area contributed by atoms with Crippen molar-refractivity contribution >= 4 is 28.5 Å². The molecule has 0 amide bonds. The molecular formula is C12H10FNO3S. The number of benzene rings is 1. The van der Waals surface area contributed by atoms with Crippen LogP contribution in [0.5, 0.6) is 0 Å². The van der Waals surface area contributed by atoms with Crippen molar-refractivity contribution in [2.24, 2.45) is 4.99 Å². The summed E-state index contributed by atoms with van der Waals surface area (Å²) in [6.07, 6.45) is 0. The molecule has 0 fully saturated rings. The van der Waals surface area contributed by atoms with Gasteiger partial charge in [-0.1, -0.05) is 23.9 Å². The lowest BCUT2D eigenvalue weighted by molar-refractivity contribution is -0.135. The van der Waals surface area contributed by atoms with E-state index in [-0.39, 0.29) is 27.8 Å². The van der Waals surface area contributed by atoms with Gasteiger partial charge in [0.05, 0.1) is 12.9 Å². The maximum atomic E-state index is 13.4. The van der Waals surface area contributed by atoms with Gasteiger partial charge in [-0.2, -0.15) is 0 Å². The van der Waals surface area contributed by atoms with E-state index < -0.39 is 11.8 Å². The Morgan fingerprint density at radius 1 is 1.50 bits per heavy atom. The smallest absolute Gasteiger partial charge is 0.344 e. The summed E-state index contributed by atoms with van der Waals surface area (Å²) in [7, 11) is 1.21. The van der Waals surface area contributed by atoms with Crippen LogP contribution in [0.4, 0.5) is 10.1 Å². The number of methoxy groups -OCH3 is 1. The summed E-state index contributed by atoms with van der Waals surface area (Å²) in [5.41, 5.74) is 0.127. The van der Waals surface area contributed by atoms with Crippen LogP contribution in [-0.4, -0.2) is 29.0 Å². The van der Waals surface area contributed by atoms with E-state index in [1.807, 2.05) is 0 Å². The first kappa shape index (κ1) is 12.6. The van der Waals surface area contributed by atoms with E-state index in [1.54, 1.807) is 12.1 Å². The number of aliphatic hydroxyl groups excluding tert-OH is 1. The van der Waals surface area contributed by atoms with Crippen molar-refractivity contribution in [1.29, 1.82) is 0 Å². The van der Waals surface area contributed by atoms with E-state index in [2.05, 4.69) is 9.73 Å². The van der Waals surface area contributed by atoms with Crippen molar-refractivity contribution in [3.05, 3.63) is 41.4 Å². The lowest BCUT2D eigenvalue weighted by Crippen LogP contribution is -2.10. The number of hydrogen-bond acceptors (Lipinski definition) is 5. The highest BCUT2D eigenvalue weighted by Crippen LogP contribution is 2.30. The Labute approximate surface area is 107 Å². The van der Waals surface area contributed by atoms with Gasteiger partial charge in [0, 0.05) is 0 Å². The quantitative estimate of drug-likeness (QED) is 0.837. The molecule has 0 atom stereocenters. The van der Waals surface area contributed by atoms with Gasteiger partial charge in [-0.3, -0.25) is 0 Å². The number of hydrogen-bond donors (Lipinski definition) is 1. The zero-order chi connectivity index (χ0) is 13.1. The normalized spacial score (nSPS) is 17.3. The summed E-state index contributed by atoms with van der Waals surface area (Å²) >= 11 is 1.16. The Morgan fingerprint density at radius 3 is 2.89 bits per heavy atom. The number of carbonyl (C=O) groups excluding carboxylic acids is 1. The summed E-state index contributed by atoms with van der Waals surface area (Å²) in [5.74, 6) is -1.02. The minimum Gasteiger partial charge on any atom is -0.510 e. The second-order valence-electron chi connectivity index (χ2n) is 3.47. The Kier molecular flexibility index (Phi) is 3.66. The highest BCUT2D eigenvalue weighted by atomic mass is 32.2. The number of esters is 1. The second-order valence-corrected chi connectivity index (χ2v) is 4.43. The van der Waals surface area contributed by atoms with Crippen LogP contribution >= 0.6 is 11.8 Å². The average molecular weight is 267 g/mol. The van der Waals surface area contributed by atoms with Crippen LogP contribution in [0.25, 0.3) is 0 Å². The van der Waals surface area contributed by atoms with Gasteiger partial charge in [0.25, 0.3) is 0 Å². The molecule has 94 valence electrons. The maximum Gasteiger partial charge on any atom is 0.344 e. The number of aliphatic hydroxyl groups is 1. The van der Waals surface area contributed by atoms with Gasteiger partial charge in [0.2, 0.25) is 0 Å². The number of ether oxygens (including phenoxy) is 1. The van der Waals surface area contributed by atoms with Gasteiger partial charge < -0.3 is 9.84 Å². The zero-order valence-corrected chi connectivity index (χ0v) is 10.3. The van der Waals surface area contributed by atoms with E-state index >= 15 is 0 Å². The second kappa shape index (κ2) is 5.22. The highest BCUT2D eigenvalue weighted by molar-refractivity contribution is 8.15. The molecular weight excluding hydrogens is 257 g/mol. The molecule has 0 spiro atoms. The lowest BCUT2D eigenvalue weighted by atomic mass is 10.2. The van der Waals surface area contributed by atoms with Gasteiger partial charge >= 0.3 is 5.97 Å². The largest absolute Gasteiger partial charge is 0.510 e. The number of thioether (sulfide) groups is 1. The van der Waals surface area contributed by atoms with Crippen molar-refractivity contribution in [2.75, 3.05) is 12.9 Å². The predicted molar refractivity (Wildman–Crippen MR) is 67.6 cm³/mol. The molecule has 0 radical (unpaired) electrons. The summed E-state index contributed by atoms with van der Waals surface area (Å²) in [6.45, 7) is 0. The molecule has 1 heterocycles. The molecule has 6 heteroatoms. The van der Waals surface area contributed by atoms with Crippen molar-refractivity contribution in [3.8, 4) is 0 Å². The number of halogens is 1. The van der Waals surface area contributed by atoms with E-state index in [1.165, 1.54) is 19.2 Å². The van der Waals surface area contributed by atoms with Gasteiger partial charge in [0.15, 0.2) is 0 Å². The van der Waals surface area contributed by atoms with Crippen molar-refractivity contribution < 1.29 is 19.0 Å². The molecule has 1 N–H and O–H groups in total. The number of para-hydroxylation sites is 1. The Morgan fingerprint density at radius 2 is 2.22 bits per heavy atom. The molecule has 1 aliphatic heterocycles. The monoisotopic (exact) mass is 267 g/mol. The molecule has 0 aromatic heterocycles. The van der Waals surface area contributed by atoms with Crippen molar-refractivity contribution in [1.82, 2.24) is 0 Å². The standard InChI is InChI=1S/C12H10FNO3S/c1-17-12(16)10-9(15)6-18-11(10)14-8-5-3-2-4-7(8)13/h2-5,15H,6H2,1H3. The number of nitrogens with zero attached hydrogens (tertiary/aromatic N) is 1. The molecule has 0 saturated heterocycles. The highest BCUT2D eigenvalue weighted by Gasteiger charge is 2.29. The van der Waals surface area contributed by atoms with E-state index in [9.17, 15) is 14.3 Å². The van der Waals surface area contributed by atoms with Gasteiger partial charge in [-0.15, -0.1) is 0 Å². The third-order valence-electron chi connectivity index (χ3n) is 2.31.